The Balaban J connectivity index is 1.67. The van der Waals surface area contributed by atoms with Crippen LogP contribution in [0.1, 0.15) is 41.6 Å². The van der Waals surface area contributed by atoms with E-state index in [0.29, 0.717) is 12.1 Å². The molecular formula is C19H22ClN. The molecule has 1 nitrogen and oxygen atoms in total. The maximum Gasteiger partial charge on any atom is 0.0408 e. The van der Waals surface area contributed by atoms with E-state index in [4.69, 9.17) is 11.6 Å². The highest BCUT2D eigenvalue weighted by atomic mass is 35.5. The first-order chi connectivity index (χ1) is 10.1. The van der Waals surface area contributed by atoms with Crippen molar-refractivity contribution in [1.29, 1.82) is 0 Å². The molecule has 0 amide bonds. The summed E-state index contributed by atoms with van der Waals surface area (Å²) < 4.78 is 0. The van der Waals surface area contributed by atoms with Crippen molar-refractivity contribution < 1.29 is 0 Å². The van der Waals surface area contributed by atoms with Crippen LogP contribution in [0.2, 0.25) is 5.02 Å². The first-order valence-corrected chi connectivity index (χ1v) is 8.09. The van der Waals surface area contributed by atoms with Crippen LogP contribution in [-0.4, -0.2) is 6.04 Å². The van der Waals surface area contributed by atoms with Gasteiger partial charge in [0, 0.05) is 17.1 Å². The molecular weight excluding hydrogens is 278 g/mol. The van der Waals surface area contributed by atoms with Crippen molar-refractivity contribution in [3.63, 3.8) is 0 Å². The second kappa shape index (κ2) is 6.21. The highest BCUT2D eigenvalue weighted by Crippen LogP contribution is 2.32. The zero-order chi connectivity index (χ0) is 14.8. The number of hydrogen-bond acceptors (Lipinski definition) is 1. The first kappa shape index (κ1) is 14.6. The molecule has 1 aliphatic carbocycles. The maximum atomic E-state index is 6.06. The van der Waals surface area contributed by atoms with Gasteiger partial charge in [0.2, 0.25) is 0 Å². The Morgan fingerprint density at radius 2 is 2.10 bits per heavy atom. The number of aryl methyl sites for hydroxylation is 2. The zero-order valence-corrected chi connectivity index (χ0v) is 13.5. The lowest BCUT2D eigenvalue weighted by molar-refractivity contribution is 0.451. The lowest BCUT2D eigenvalue weighted by Gasteiger charge is -2.21. The van der Waals surface area contributed by atoms with Gasteiger partial charge in [0.05, 0.1) is 0 Å². The first-order valence-electron chi connectivity index (χ1n) is 7.72. The fourth-order valence-electron chi connectivity index (χ4n) is 3.31. The predicted molar refractivity (Wildman–Crippen MR) is 90.0 cm³/mol. The highest BCUT2D eigenvalue weighted by Gasteiger charge is 2.23. The van der Waals surface area contributed by atoms with E-state index >= 15 is 0 Å². The smallest absolute Gasteiger partial charge is 0.0408 e. The molecule has 21 heavy (non-hydrogen) atoms. The standard InChI is InChI=1S/C19H22ClN/c1-13-6-7-16-8-9-19(18(16)10-13)21-14(2)11-15-4-3-5-17(20)12-15/h3-7,10,12,14,19,21H,8-9,11H2,1-2H3. The number of halogens is 1. The van der Waals surface area contributed by atoms with Gasteiger partial charge in [0.15, 0.2) is 0 Å². The van der Waals surface area contributed by atoms with Gasteiger partial charge in [-0.2, -0.15) is 0 Å². The number of nitrogens with one attached hydrogen (secondary N) is 1. The van der Waals surface area contributed by atoms with Crippen molar-refractivity contribution in [2.24, 2.45) is 0 Å². The van der Waals surface area contributed by atoms with Crippen molar-refractivity contribution in [2.75, 3.05) is 0 Å². The molecule has 0 spiro atoms. The Hall–Kier alpha value is -1.31. The van der Waals surface area contributed by atoms with Gasteiger partial charge in [-0.1, -0.05) is 47.5 Å². The van der Waals surface area contributed by atoms with E-state index < -0.39 is 0 Å². The van der Waals surface area contributed by atoms with E-state index in [-0.39, 0.29) is 0 Å². The molecule has 0 bridgehead atoms. The molecule has 0 radical (unpaired) electrons. The summed E-state index contributed by atoms with van der Waals surface area (Å²) in [4.78, 5) is 0. The summed E-state index contributed by atoms with van der Waals surface area (Å²) in [7, 11) is 0. The minimum atomic E-state index is 0.444. The molecule has 2 heteroatoms. The molecule has 3 rings (SSSR count). The van der Waals surface area contributed by atoms with Gasteiger partial charge < -0.3 is 5.32 Å². The van der Waals surface area contributed by atoms with Crippen LogP contribution in [0.4, 0.5) is 0 Å². The van der Waals surface area contributed by atoms with Crippen molar-refractivity contribution in [3.05, 3.63) is 69.7 Å². The molecule has 0 aromatic heterocycles. The third-order valence-electron chi connectivity index (χ3n) is 4.30. The van der Waals surface area contributed by atoms with Crippen LogP contribution < -0.4 is 5.32 Å². The molecule has 1 aliphatic rings. The Morgan fingerprint density at radius 1 is 1.24 bits per heavy atom. The number of rotatable bonds is 4. The van der Waals surface area contributed by atoms with Crippen molar-refractivity contribution in [3.8, 4) is 0 Å². The van der Waals surface area contributed by atoms with E-state index in [1.54, 1.807) is 0 Å². The van der Waals surface area contributed by atoms with Gasteiger partial charge in [-0.15, -0.1) is 0 Å². The minimum Gasteiger partial charge on any atom is -0.307 e. The molecule has 2 aromatic carbocycles. The summed E-state index contributed by atoms with van der Waals surface area (Å²) in [5.74, 6) is 0. The summed E-state index contributed by atoms with van der Waals surface area (Å²) in [5.41, 5.74) is 5.65. The lowest BCUT2D eigenvalue weighted by atomic mass is 10.0. The fourth-order valence-corrected chi connectivity index (χ4v) is 3.53. The topological polar surface area (TPSA) is 12.0 Å². The Bertz CT molecular complexity index is 635. The quantitative estimate of drug-likeness (QED) is 0.850. The van der Waals surface area contributed by atoms with E-state index in [2.05, 4.69) is 49.5 Å². The monoisotopic (exact) mass is 299 g/mol. The van der Waals surface area contributed by atoms with E-state index in [9.17, 15) is 0 Å². The maximum absolute atomic E-state index is 6.06. The van der Waals surface area contributed by atoms with Crippen LogP contribution in [0.5, 0.6) is 0 Å². The zero-order valence-electron chi connectivity index (χ0n) is 12.7. The number of benzene rings is 2. The largest absolute Gasteiger partial charge is 0.307 e. The molecule has 0 aliphatic heterocycles. The Labute approximate surface area is 132 Å². The third kappa shape index (κ3) is 3.48. The summed E-state index contributed by atoms with van der Waals surface area (Å²) in [6.45, 7) is 4.43. The van der Waals surface area contributed by atoms with Crippen molar-refractivity contribution in [2.45, 2.75) is 45.2 Å². The molecule has 0 saturated heterocycles. The second-order valence-corrected chi connectivity index (χ2v) is 6.63. The molecule has 110 valence electrons. The van der Waals surface area contributed by atoms with Gasteiger partial charge >= 0.3 is 0 Å². The minimum absolute atomic E-state index is 0.444. The Kier molecular flexibility index (Phi) is 4.32. The van der Waals surface area contributed by atoms with Crippen LogP contribution in [-0.2, 0) is 12.8 Å². The predicted octanol–water partition coefficient (Wildman–Crippen LogP) is 4.86. The Morgan fingerprint density at radius 3 is 2.90 bits per heavy atom. The van der Waals surface area contributed by atoms with Gasteiger partial charge in [-0.25, -0.2) is 0 Å². The highest BCUT2D eigenvalue weighted by molar-refractivity contribution is 6.30. The fraction of sp³-hybridized carbons (Fsp3) is 0.368. The third-order valence-corrected chi connectivity index (χ3v) is 4.53. The molecule has 1 N–H and O–H groups in total. The SMILES string of the molecule is Cc1ccc2c(c1)C(NC(C)Cc1cccc(Cl)c1)CC2. The molecule has 0 fully saturated rings. The van der Waals surface area contributed by atoms with Crippen LogP contribution in [0.15, 0.2) is 42.5 Å². The summed E-state index contributed by atoms with van der Waals surface area (Å²) in [6, 6.07) is 16.0. The van der Waals surface area contributed by atoms with E-state index in [1.165, 1.54) is 35.1 Å². The lowest BCUT2D eigenvalue weighted by Crippen LogP contribution is -2.31. The second-order valence-electron chi connectivity index (χ2n) is 6.20. The van der Waals surface area contributed by atoms with Crippen molar-refractivity contribution >= 4 is 11.6 Å². The molecule has 0 saturated carbocycles. The van der Waals surface area contributed by atoms with E-state index in [1.807, 2.05) is 12.1 Å². The van der Waals surface area contributed by atoms with Gasteiger partial charge in [-0.3, -0.25) is 0 Å². The van der Waals surface area contributed by atoms with Gasteiger partial charge in [0.1, 0.15) is 0 Å². The average Bonchev–Trinajstić information content (AvgIpc) is 2.81. The van der Waals surface area contributed by atoms with Crippen LogP contribution >= 0.6 is 11.6 Å². The van der Waals surface area contributed by atoms with Gasteiger partial charge in [0.25, 0.3) is 0 Å². The molecule has 0 heterocycles. The summed E-state index contributed by atoms with van der Waals surface area (Å²) >= 11 is 6.06. The van der Waals surface area contributed by atoms with Crippen LogP contribution in [0, 0.1) is 6.92 Å². The van der Waals surface area contributed by atoms with Crippen LogP contribution in [0.3, 0.4) is 0 Å². The molecule has 2 aromatic rings. The summed E-state index contributed by atoms with van der Waals surface area (Å²) in [5, 5.41) is 4.61. The van der Waals surface area contributed by atoms with E-state index in [0.717, 1.165) is 11.4 Å². The number of hydrogen-bond donors (Lipinski definition) is 1. The molecule has 2 unspecified atom stereocenters. The average molecular weight is 300 g/mol. The van der Waals surface area contributed by atoms with Crippen molar-refractivity contribution in [1.82, 2.24) is 5.32 Å². The molecule has 2 atom stereocenters. The number of fused-ring (bicyclic) bond motifs is 1. The van der Waals surface area contributed by atoms with Crippen LogP contribution in [0.25, 0.3) is 0 Å². The normalized spacial score (nSPS) is 18.5. The van der Waals surface area contributed by atoms with Gasteiger partial charge in [-0.05, 0) is 61.9 Å². The summed E-state index contributed by atoms with van der Waals surface area (Å²) in [6.07, 6.45) is 3.41.